The molecule has 1 nitrogen and oxygen atoms in total. The van der Waals surface area contributed by atoms with Crippen LogP contribution in [-0.2, 0) is 6.54 Å². The van der Waals surface area contributed by atoms with E-state index >= 15 is 0 Å². The quantitative estimate of drug-likeness (QED) is 0.799. The fourth-order valence-corrected chi connectivity index (χ4v) is 2.81. The van der Waals surface area contributed by atoms with Gasteiger partial charge in [0.15, 0.2) is 0 Å². The lowest BCUT2D eigenvalue weighted by Gasteiger charge is -2.21. The second-order valence-corrected chi connectivity index (χ2v) is 6.34. The molecule has 0 atom stereocenters. The van der Waals surface area contributed by atoms with Gasteiger partial charge in [0.25, 0.3) is 0 Å². The van der Waals surface area contributed by atoms with Crippen LogP contribution in [0.1, 0.15) is 19.4 Å². The van der Waals surface area contributed by atoms with E-state index in [9.17, 15) is 0 Å². The van der Waals surface area contributed by atoms with Crippen LogP contribution in [0.15, 0.2) is 29.6 Å². The Bertz CT molecular complexity index is 490. The Kier molecular flexibility index (Phi) is 4.08. The van der Waals surface area contributed by atoms with E-state index in [0.717, 1.165) is 13.1 Å². The predicted molar refractivity (Wildman–Crippen MR) is 78.0 cm³/mol. The lowest BCUT2D eigenvalue weighted by atomic mass is 9.96. The molecule has 0 unspecified atom stereocenters. The third-order valence-corrected chi connectivity index (χ3v) is 4.58. The molecule has 17 heavy (non-hydrogen) atoms. The number of hydrogen-bond donors (Lipinski definition) is 1. The first kappa shape index (κ1) is 12.9. The highest BCUT2D eigenvalue weighted by atomic mass is 35.5. The van der Waals surface area contributed by atoms with Crippen LogP contribution in [-0.4, -0.2) is 12.4 Å². The zero-order valence-corrected chi connectivity index (χ0v) is 11.9. The number of alkyl halides is 1. The topological polar surface area (TPSA) is 12.0 Å². The highest BCUT2D eigenvalue weighted by Crippen LogP contribution is 2.25. The molecule has 92 valence electrons. The van der Waals surface area contributed by atoms with Gasteiger partial charge in [-0.1, -0.05) is 32.0 Å². The number of rotatable bonds is 5. The van der Waals surface area contributed by atoms with Gasteiger partial charge < -0.3 is 5.32 Å². The van der Waals surface area contributed by atoms with Crippen LogP contribution in [0.5, 0.6) is 0 Å². The maximum atomic E-state index is 5.91. The van der Waals surface area contributed by atoms with Crippen molar-refractivity contribution < 1.29 is 0 Å². The minimum atomic E-state index is 0.160. The molecule has 2 rings (SSSR count). The minimum Gasteiger partial charge on any atom is -0.312 e. The van der Waals surface area contributed by atoms with E-state index in [-0.39, 0.29) is 5.41 Å². The van der Waals surface area contributed by atoms with Crippen molar-refractivity contribution in [2.24, 2.45) is 5.41 Å². The average Bonchev–Trinajstić information content (AvgIpc) is 2.73. The maximum absolute atomic E-state index is 5.91. The van der Waals surface area contributed by atoms with Gasteiger partial charge in [-0.25, -0.2) is 0 Å². The van der Waals surface area contributed by atoms with E-state index in [2.05, 4.69) is 48.8 Å². The molecule has 1 aromatic heterocycles. The number of nitrogens with one attached hydrogen (secondary N) is 1. The summed E-state index contributed by atoms with van der Waals surface area (Å²) >= 11 is 7.72. The molecule has 0 saturated carbocycles. The third-order valence-electron chi connectivity index (χ3n) is 2.84. The molecule has 1 heterocycles. The van der Waals surface area contributed by atoms with Gasteiger partial charge in [-0.15, -0.1) is 22.9 Å². The van der Waals surface area contributed by atoms with Gasteiger partial charge in [0.2, 0.25) is 0 Å². The van der Waals surface area contributed by atoms with Crippen molar-refractivity contribution in [3.8, 4) is 0 Å². The molecule has 2 aromatic rings. The molecular weight excluding hydrogens is 250 g/mol. The molecule has 0 saturated heterocycles. The second-order valence-electron chi connectivity index (χ2n) is 5.16. The van der Waals surface area contributed by atoms with E-state index < -0.39 is 0 Å². The third kappa shape index (κ3) is 3.21. The molecule has 0 amide bonds. The summed E-state index contributed by atoms with van der Waals surface area (Å²) in [6.07, 6.45) is 0. The van der Waals surface area contributed by atoms with Crippen molar-refractivity contribution in [1.82, 2.24) is 5.32 Å². The van der Waals surface area contributed by atoms with Gasteiger partial charge in [-0.2, -0.15) is 0 Å². The van der Waals surface area contributed by atoms with Crippen LogP contribution in [0.3, 0.4) is 0 Å². The number of thiophene rings is 1. The number of fused-ring (bicyclic) bond motifs is 1. The van der Waals surface area contributed by atoms with Crippen LogP contribution >= 0.6 is 22.9 Å². The first-order valence-corrected chi connectivity index (χ1v) is 7.26. The van der Waals surface area contributed by atoms with E-state index in [1.807, 2.05) is 11.3 Å². The van der Waals surface area contributed by atoms with Gasteiger partial charge in [-0.3, -0.25) is 0 Å². The molecule has 0 spiro atoms. The summed E-state index contributed by atoms with van der Waals surface area (Å²) < 4.78 is 1.36. The van der Waals surface area contributed by atoms with Gasteiger partial charge in [0, 0.05) is 23.7 Å². The van der Waals surface area contributed by atoms with Crippen molar-refractivity contribution in [3.05, 3.63) is 35.2 Å². The summed E-state index contributed by atoms with van der Waals surface area (Å²) in [6.45, 7) is 6.22. The average molecular weight is 268 g/mol. The van der Waals surface area contributed by atoms with Crippen LogP contribution in [0.2, 0.25) is 0 Å². The number of halogens is 1. The van der Waals surface area contributed by atoms with Crippen LogP contribution in [0.4, 0.5) is 0 Å². The van der Waals surface area contributed by atoms with Crippen LogP contribution in [0, 0.1) is 5.41 Å². The highest BCUT2D eigenvalue weighted by molar-refractivity contribution is 7.17. The van der Waals surface area contributed by atoms with Gasteiger partial charge in [-0.05, 0) is 27.8 Å². The minimum absolute atomic E-state index is 0.160. The predicted octanol–water partition coefficient (Wildman–Crippen LogP) is 4.26. The second kappa shape index (κ2) is 5.38. The lowest BCUT2D eigenvalue weighted by molar-refractivity contribution is 0.385. The SMILES string of the molecule is CC(C)(CCl)CNCc1csc2ccccc12. The molecule has 1 N–H and O–H groups in total. The highest BCUT2D eigenvalue weighted by Gasteiger charge is 2.15. The van der Waals surface area contributed by atoms with Crippen molar-refractivity contribution in [3.63, 3.8) is 0 Å². The molecule has 0 bridgehead atoms. The van der Waals surface area contributed by atoms with Crippen LogP contribution in [0.25, 0.3) is 10.1 Å². The molecule has 1 aromatic carbocycles. The van der Waals surface area contributed by atoms with E-state index in [0.29, 0.717) is 5.88 Å². The monoisotopic (exact) mass is 267 g/mol. The molecule has 0 aliphatic carbocycles. The first-order valence-electron chi connectivity index (χ1n) is 5.84. The molecule has 0 fully saturated rings. The number of hydrogen-bond acceptors (Lipinski definition) is 2. The van der Waals surface area contributed by atoms with Crippen LogP contribution < -0.4 is 5.32 Å². The Balaban J connectivity index is 2.00. The molecule has 0 aliphatic heterocycles. The molecule has 0 radical (unpaired) electrons. The van der Waals surface area contributed by atoms with E-state index in [1.165, 1.54) is 15.6 Å². The molecule has 0 aliphatic rings. The fraction of sp³-hybridized carbons (Fsp3) is 0.429. The summed E-state index contributed by atoms with van der Waals surface area (Å²) in [7, 11) is 0. The summed E-state index contributed by atoms with van der Waals surface area (Å²) in [5, 5.41) is 7.10. The standard InChI is InChI=1S/C14H18ClNS/c1-14(2,9-15)10-16-7-11-8-17-13-6-4-3-5-12(11)13/h3-6,8,16H,7,9-10H2,1-2H3. The molecule has 3 heteroatoms. The Morgan fingerprint density at radius 1 is 1.29 bits per heavy atom. The Morgan fingerprint density at radius 2 is 2.06 bits per heavy atom. The zero-order chi connectivity index (χ0) is 12.3. The number of benzene rings is 1. The van der Waals surface area contributed by atoms with Crippen molar-refractivity contribution >= 4 is 33.0 Å². The largest absolute Gasteiger partial charge is 0.312 e. The lowest BCUT2D eigenvalue weighted by Crippen LogP contribution is -2.30. The van der Waals surface area contributed by atoms with Gasteiger partial charge in [0.1, 0.15) is 0 Å². The summed E-state index contributed by atoms with van der Waals surface area (Å²) in [5.74, 6) is 0.685. The normalized spacial score (nSPS) is 12.2. The smallest absolute Gasteiger partial charge is 0.0346 e. The van der Waals surface area contributed by atoms with Crippen molar-refractivity contribution in [2.75, 3.05) is 12.4 Å². The summed E-state index contributed by atoms with van der Waals surface area (Å²) in [5.41, 5.74) is 1.55. The zero-order valence-electron chi connectivity index (χ0n) is 10.3. The van der Waals surface area contributed by atoms with Crippen molar-refractivity contribution in [2.45, 2.75) is 20.4 Å². The molecular formula is C14H18ClNS. The summed E-state index contributed by atoms with van der Waals surface area (Å²) in [6, 6.07) is 8.55. The van der Waals surface area contributed by atoms with E-state index in [1.54, 1.807) is 0 Å². The van der Waals surface area contributed by atoms with Gasteiger partial charge >= 0.3 is 0 Å². The maximum Gasteiger partial charge on any atom is 0.0346 e. The Labute approximate surface area is 112 Å². The van der Waals surface area contributed by atoms with Crippen molar-refractivity contribution in [1.29, 1.82) is 0 Å². The van der Waals surface area contributed by atoms with E-state index in [4.69, 9.17) is 11.6 Å². The Hall–Kier alpha value is -0.570. The fourth-order valence-electron chi connectivity index (χ4n) is 1.75. The van der Waals surface area contributed by atoms with Gasteiger partial charge in [0.05, 0.1) is 0 Å². The Morgan fingerprint density at radius 3 is 2.82 bits per heavy atom. The first-order chi connectivity index (χ1) is 8.12. The summed E-state index contributed by atoms with van der Waals surface area (Å²) in [4.78, 5) is 0.